The van der Waals surface area contributed by atoms with E-state index in [0.717, 1.165) is 6.42 Å². The summed E-state index contributed by atoms with van der Waals surface area (Å²) < 4.78 is 0. The first-order valence-corrected chi connectivity index (χ1v) is 5.99. The Morgan fingerprint density at radius 3 is 2.39 bits per heavy atom. The molecule has 6 nitrogen and oxygen atoms in total. The van der Waals surface area contributed by atoms with Crippen LogP contribution < -0.4 is 10.6 Å². The third kappa shape index (κ3) is 8.53. The summed E-state index contributed by atoms with van der Waals surface area (Å²) in [6.07, 6.45) is 0.850. The lowest BCUT2D eigenvalue weighted by Gasteiger charge is -2.21. The standard InChI is InChI=1S/C12H22N4O2/c1-5-7-16(8-6-13)9-10(17)14-11(18)15-12(2,3)4/h5,7-9H2,1-4H3,(H2,14,15,17,18). The Bertz CT molecular complexity index is 328. The van der Waals surface area contributed by atoms with Gasteiger partial charge in [0.05, 0.1) is 19.2 Å². The Hall–Kier alpha value is -1.61. The number of rotatable bonds is 5. The summed E-state index contributed by atoms with van der Waals surface area (Å²) in [5.41, 5.74) is -0.389. The molecule has 0 fully saturated rings. The van der Waals surface area contributed by atoms with Crippen LogP contribution in [0.15, 0.2) is 0 Å². The molecule has 0 rings (SSSR count). The van der Waals surface area contributed by atoms with E-state index in [1.165, 1.54) is 0 Å². The van der Waals surface area contributed by atoms with E-state index < -0.39 is 11.9 Å². The normalized spacial score (nSPS) is 10.9. The molecule has 0 unspecified atom stereocenters. The van der Waals surface area contributed by atoms with Gasteiger partial charge in [0.15, 0.2) is 0 Å². The Kier molecular flexibility index (Phi) is 6.98. The fraction of sp³-hybridized carbons (Fsp3) is 0.750. The van der Waals surface area contributed by atoms with E-state index >= 15 is 0 Å². The van der Waals surface area contributed by atoms with Crippen LogP contribution in [-0.2, 0) is 4.79 Å². The average Bonchev–Trinajstić information content (AvgIpc) is 2.14. The molecule has 0 aliphatic heterocycles. The van der Waals surface area contributed by atoms with Crippen molar-refractivity contribution < 1.29 is 9.59 Å². The smallest absolute Gasteiger partial charge is 0.321 e. The zero-order valence-corrected chi connectivity index (χ0v) is 11.5. The Labute approximate surface area is 108 Å². The minimum absolute atomic E-state index is 0.0545. The summed E-state index contributed by atoms with van der Waals surface area (Å²) >= 11 is 0. The van der Waals surface area contributed by atoms with E-state index in [0.29, 0.717) is 6.54 Å². The SMILES string of the molecule is CCCN(CC#N)CC(=O)NC(=O)NC(C)(C)C. The van der Waals surface area contributed by atoms with Crippen molar-refractivity contribution in [2.24, 2.45) is 0 Å². The van der Waals surface area contributed by atoms with Gasteiger partial charge in [-0.3, -0.25) is 15.0 Å². The first-order chi connectivity index (χ1) is 8.28. The lowest BCUT2D eigenvalue weighted by molar-refractivity contribution is -0.121. The molecule has 0 aliphatic carbocycles. The minimum Gasteiger partial charge on any atom is -0.333 e. The summed E-state index contributed by atoms with van der Waals surface area (Å²) in [4.78, 5) is 24.7. The molecule has 0 aromatic carbocycles. The number of hydrogen-bond acceptors (Lipinski definition) is 4. The van der Waals surface area contributed by atoms with Crippen LogP contribution in [0.1, 0.15) is 34.1 Å². The second kappa shape index (κ2) is 7.67. The first-order valence-electron chi connectivity index (χ1n) is 5.99. The van der Waals surface area contributed by atoms with Gasteiger partial charge in [0.1, 0.15) is 0 Å². The Morgan fingerprint density at radius 2 is 1.94 bits per heavy atom. The van der Waals surface area contributed by atoms with Crippen molar-refractivity contribution in [3.63, 3.8) is 0 Å². The first kappa shape index (κ1) is 16.4. The lowest BCUT2D eigenvalue weighted by Crippen LogP contribution is -2.50. The van der Waals surface area contributed by atoms with Crippen LogP contribution in [0, 0.1) is 11.3 Å². The van der Waals surface area contributed by atoms with Gasteiger partial charge in [-0.1, -0.05) is 6.92 Å². The molecule has 3 amide bonds. The van der Waals surface area contributed by atoms with Gasteiger partial charge >= 0.3 is 6.03 Å². The van der Waals surface area contributed by atoms with Gasteiger partial charge < -0.3 is 5.32 Å². The predicted octanol–water partition coefficient (Wildman–Crippen LogP) is 0.846. The summed E-state index contributed by atoms with van der Waals surface area (Å²) in [6.45, 7) is 8.35. The molecular formula is C12H22N4O2. The van der Waals surface area contributed by atoms with Gasteiger partial charge in [-0.15, -0.1) is 0 Å². The molecule has 0 aliphatic rings. The lowest BCUT2D eigenvalue weighted by atomic mass is 10.1. The third-order valence-electron chi connectivity index (χ3n) is 1.94. The monoisotopic (exact) mass is 254 g/mol. The van der Waals surface area contributed by atoms with Crippen LogP contribution in [-0.4, -0.2) is 42.0 Å². The summed E-state index contributed by atoms with van der Waals surface area (Å²) in [6, 6.07) is 1.48. The topological polar surface area (TPSA) is 85.2 Å². The minimum atomic E-state index is -0.513. The second-order valence-corrected chi connectivity index (χ2v) is 5.12. The Balaban J connectivity index is 4.16. The van der Waals surface area contributed by atoms with Crippen LogP contribution in [0.4, 0.5) is 4.79 Å². The number of imide groups is 1. The van der Waals surface area contributed by atoms with E-state index in [-0.39, 0.29) is 18.6 Å². The molecule has 0 radical (unpaired) electrons. The number of urea groups is 1. The number of nitriles is 1. The third-order valence-corrected chi connectivity index (χ3v) is 1.94. The summed E-state index contributed by atoms with van der Waals surface area (Å²) in [7, 11) is 0. The maximum atomic E-state index is 11.6. The molecule has 0 saturated heterocycles. The largest absolute Gasteiger partial charge is 0.333 e. The fourth-order valence-corrected chi connectivity index (χ4v) is 1.37. The van der Waals surface area contributed by atoms with Gasteiger partial charge in [0, 0.05) is 5.54 Å². The highest BCUT2D eigenvalue weighted by molar-refractivity contribution is 5.95. The average molecular weight is 254 g/mol. The van der Waals surface area contributed by atoms with Crippen molar-refractivity contribution in [1.82, 2.24) is 15.5 Å². The summed E-state index contributed by atoms with van der Waals surface area (Å²) in [5, 5.41) is 13.5. The highest BCUT2D eigenvalue weighted by atomic mass is 16.2. The molecule has 2 N–H and O–H groups in total. The molecule has 0 atom stereocenters. The van der Waals surface area contributed by atoms with Crippen molar-refractivity contribution >= 4 is 11.9 Å². The van der Waals surface area contributed by atoms with Gasteiger partial charge in [0.25, 0.3) is 0 Å². The van der Waals surface area contributed by atoms with Crippen molar-refractivity contribution in [3.8, 4) is 6.07 Å². The quantitative estimate of drug-likeness (QED) is 0.712. The molecule has 0 bridgehead atoms. The van der Waals surface area contributed by atoms with Crippen LogP contribution in [0.3, 0.4) is 0 Å². The maximum Gasteiger partial charge on any atom is 0.321 e. The van der Waals surface area contributed by atoms with Crippen molar-refractivity contribution in [1.29, 1.82) is 5.26 Å². The molecule has 0 heterocycles. The predicted molar refractivity (Wildman–Crippen MR) is 68.8 cm³/mol. The zero-order chi connectivity index (χ0) is 14.2. The van der Waals surface area contributed by atoms with Crippen LogP contribution in [0.5, 0.6) is 0 Å². The molecule has 0 aromatic heterocycles. The molecule has 0 aromatic rings. The van der Waals surface area contributed by atoms with Crippen molar-refractivity contribution in [2.75, 3.05) is 19.6 Å². The molecule has 18 heavy (non-hydrogen) atoms. The van der Waals surface area contributed by atoms with Crippen molar-refractivity contribution in [3.05, 3.63) is 0 Å². The number of hydrogen-bond donors (Lipinski definition) is 2. The van der Waals surface area contributed by atoms with Gasteiger partial charge in [-0.05, 0) is 33.7 Å². The van der Waals surface area contributed by atoms with E-state index in [1.54, 1.807) is 4.90 Å². The van der Waals surface area contributed by atoms with Crippen LogP contribution >= 0.6 is 0 Å². The highest BCUT2D eigenvalue weighted by Gasteiger charge is 2.17. The summed E-state index contributed by atoms with van der Waals surface area (Å²) in [5.74, 6) is -0.402. The van der Waals surface area contributed by atoms with E-state index in [2.05, 4.69) is 10.6 Å². The van der Waals surface area contributed by atoms with Crippen LogP contribution in [0.25, 0.3) is 0 Å². The van der Waals surface area contributed by atoms with Gasteiger partial charge in [-0.25, -0.2) is 4.79 Å². The number of amides is 3. The molecule has 102 valence electrons. The number of carbonyl (C=O) groups excluding carboxylic acids is 2. The van der Waals surface area contributed by atoms with Crippen molar-refractivity contribution in [2.45, 2.75) is 39.7 Å². The number of carbonyl (C=O) groups is 2. The molecule has 0 saturated carbocycles. The van der Waals surface area contributed by atoms with Gasteiger partial charge in [-0.2, -0.15) is 5.26 Å². The number of nitrogens with one attached hydrogen (secondary N) is 2. The van der Waals surface area contributed by atoms with E-state index in [4.69, 9.17) is 5.26 Å². The molecule has 6 heteroatoms. The van der Waals surface area contributed by atoms with E-state index in [1.807, 2.05) is 33.8 Å². The molecule has 0 spiro atoms. The van der Waals surface area contributed by atoms with E-state index in [9.17, 15) is 9.59 Å². The second-order valence-electron chi connectivity index (χ2n) is 5.12. The number of nitrogens with zero attached hydrogens (tertiary/aromatic N) is 2. The maximum absolute atomic E-state index is 11.6. The molecular weight excluding hydrogens is 232 g/mol. The van der Waals surface area contributed by atoms with Crippen LogP contribution in [0.2, 0.25) is 0 Å². The highest BCUT2D eigenvalue weighted by Crippen LogP contribution is 1.97. The fourth-order valence-electron chi connectivity index (χ4n) is 1.37. The van der Waals surface area contributed by atoms with Gasteiger partial charge in [0.2, 0.25) is 5.91 Å². The zero-order valence-electron chi connectivity index (χ0n) is 11.5. The Morgan fingerprint density at radius 1 is 1.33 bits per heavy atom.